The van der Waals surface area contributed by atoms with Crippen LogP contribution in [-0.4, -0.2) is 35.7 Å². The van der Waals surface area contributed by atoms with Gasteiger partial charge in [0.05, 0.1) is 12.3 Å². The Morgan fingerprint density at radius 2 is 2.25 bits per heavy atom. The number of ether oxygens (including phenoxy) is 1. The minimum absolute atomic E-state index is 0.124. The fraction of sp³-hybridized carbons (Fsp3) is 0.714. The lowest BCUT2D eigenvalue weighted by Crippen LogP contribution is -2.34. The average molecular weight is 295 g/mol. The number of carbonyl (C=O) groups is 1. The highest BCUT2D eigenvalue weighted by molar-refractivity contribution is 7.15. The molecule has 0 bridgehead atoms. The van der Waals surface area contributed by atoms with E-state index in [2.05, 4.69) is 15.4 Å². The molecule has 0 amide bonds. The third-order valence-electron chi connectivity index (χ3n) is 3.90. The first kappa shape index (κ1) is 13.8. The number of nitrogens with one attached hydrogen (secondary N) is 1. The Morgan fingerprint density at radius 1 is 1.45 bits per heavy atom. The normalized spacial score (nSPS) is 22.6. The van der Waals surface area contributed by atoms with Crippen molar-refractivity contribution in [3.05, 3.63) is 10.6 Å². The van der Waals surface area contributed by atoms with Gasteiger partial charge in [0.2, 0.25) is 0 Å². The van der Waals surface area contributed by atoms with E-state index in [1.807, 2.05) is 6.92 Å². The molecule has 1 aliphatic carbocycles. The molecule has 1 aliphatic heterocycles. The highest BCUT2D eigenvalue weighted by Crippen LogP contribution is 2.39. The highest BCUT2D eigenvalue weighted by Gasteiger charge is 2.33. The lowest BCUT2D eigenvalue weighted by Gasteiger charge is -2.26. The van der Waals surface area contributed by atoms with Crippen LogP contribution in [0.3, 0.4) is 0 Å². The van der Waals surface area contributed by atoms with Crippen molar-refractivity contribution in [2.24, 2.45) is 0 Å². The molecule has 0 aromatic carbocycles. The molecule has 110 valence electrons. The summed E-state index contributed by atoms with van der Waals surface area (Å²) in [4.78, 5) is 17.8. The van der Waals surface area contributed by atoms with Crippen LogP contribution < -0.4 is 5.43 Å². The Morgan fingerprint density at radius 3 is 3.00 bits per heavy atom. The third kappa shape index (κ3) is 2.81. The average Bonchev–Trinajstić information content (AvgIpc) is 2.99. The number of thiazole rings is 1. The highest BCUT2D eigenvalue weighted by atomic mass is 32.1. The summed E-state index contributed by atoms with van der Waals surface area (Å²) >= 11 is 1.68. The van der Waals surface area contributed by atoms with Crippen molar-refractivity contribution in [3.8, 4) is 0 Å². The number of nitrogens with zero attached hydrogens (tertiary/aromatic N) is 2. The molecule has 2 aliphatic rings. The number of hydrogen-bond donors (Lipinski definition) is 1. The Labute approximate surface area is 123 Å². The molecule has 1 saturated heterocycles. The predicted octanol–water partition coefficient (Wildman–Crippen LogP) is 2.55. The summed E-state index contributed by atoms with van der Waals surface area (Å²) in [7, 11) is 0. The largest absolute Gasteiger partial charge is 0.465 e. The van der Waals surface area contributed by atoms with Crippen LogP contribution in [0.15, 0.2) is 0 Å². The molecule has 5 nitrogen and oxygen atoms in total. The Bertz CT molecular complexity index is 483. The second-order valence-corrected chi connectivity index (χ2v) is 6.41. The first-order valence-corrected chi connectivity index (χ1v) is 8.27. The van der Waals surface area contributed by atoms with Gasteiger partial charge >= 0.3 is 5.97 Å². The van der Waals surface area contributed by atoms with Gasteiger partial charge in [-0.1, -0.05) is 6.42 Å². The Hall–Kier alpha value is -1.14. The van der Waals surface area contributed by atoms with Crippen LogP contribution in [0.1, 0.15) is 49.1 Å². The summed E-state index contributed by atoms with van der Waals surface area (Å²) in [5, 5.41) is 3.16. The van der Waals surface area contributed by atoms with Crippen molar-refractivity contribution in [2.75, 3.05) is 25.1 Å². The number of hydrazine groups is 1. The summed E-state index contributed by atoms with van der Waals surface area (Å²) in [6.07, 6.45) is 5.58. The molecular formula is C14H21N3O2S. The molecule has 1 N–H and O–H groups in total. The zero-order valence-corrected chi connectivity index (χ0v) is 12.7. The van der Waals surface area contributed by atoms with Gasteiger partial charge in [0.25, 0.3) is 0 Å². The molecular weight excluding hydrogens is 274 g/mol. The van der Waals surface area contributed by atoms with Gasteiger partial charge in [-0.2, -0.15) is 0 Å². The van der Waals surface area contributed by atoms with E-state index in [9.17, 15) is 4.79 Å². The van der Waals surface area contributed by atoms with Crippen molar-refractivity contribution in [2.45, 2.75) is 44.9 Å². The van der Waals surface area contributed by atoms with E-state index in [0.29, 0.717) is 6.61 Å². The zero-order chi connectivity index (χ0) is 13.9. The van der Waals surface area contributed by atoms with Crippen LogP contribution in [0.25, 0.3) is 0 Å². The summed E-state index contributed by atoms with van der Waals surface area (Å²) in [5.74, 6) is -0.279. The maximum absolute atomic E-state index is 11.9. The van der Waals surface area contributed by atoms with Crippen LogP contribution in [0.5, 0.6) is 0 Å². The number of hydrogen-bond acceptors (Lipinski definition) is 6. The van der Waals surface area contributed by atoms with Gasteiger partial charge < -0.3 is 4.74 Å². The number of carbonyl (C=O) groups excluding carboxylic acids is 1. The molecule has 0 spiro atoms. The Balaban J connectivity index is 1.68. The fourth-order valence-electron chi connectivity index (χ4n) is 2.89. The smallest absolute Gasteiger partial charge is 0.315 e. The summed E-state index contributed by atoms with van der Waals surface area (Å²) in [6.45, 7) is 4.43. The number of esters is 1. The van der Waals surface area contributed by atoms with E-state index < -0.39 is 0 Å². The summed E-state index contributed by atoms with van der Waals surface area (Å²) < 4.78 is 5.14. The van der Waals surface area contributed by atoms with E-state index in [1.54, 1.807) is 11.3 Å². The lowest BCUT2D eigenvalue weighted by atomic mass is 10.1. The molecule has 1 fully saturated rings. The number of piperidine rings is 1. The van der Waals surface area contributed by atoms with E-state index in [1.165, 1.54) is 24.1 Å². The third-order valence-corrected chi connectivity index (χ3v) is 4.93. The van der Waals surface area contributed by atoms with E-state index >= 15 is 0 Å². The van der Waals surface area contributed by atoms with Crippen LogP contribution in [0, 0.1) is 0 Å². The van der Waals surface area contributed by atoms with Crippen LogP contribution in [-0.2, 0) is 16.0 Å². The maximum Gasteiger partial charge on any atom is 0.315 e. The van der Waals surface area contributed by atoms with Gasteiger partial charge in [-0.15, -0.1) is 11.3 Å². The second kappa shape index (κ2) is 6.10. The zero-order valence-electron chi connectivity index (χ0n) is 11.9. The van der Waals surface area contributed by atoms with Gasteiger partial charge in [-0.05, 0) is 32.6 Å². The van der Waals surface area contributed by atoms with Crippen molar-refractivity contribution in [1.29, 1.82) is 0 Å². The second-order valence-electron chi connectivity index (χ2n) is 5.33. The Kier molecular flexibility index (Phi) is 4.21. The van der Waals surface area contributed by atoms with Crippen LogP contribution in [0.2, 0.25) is 0 Å². The van der Waals surface area contributed by atoms with Gasteiger partial charge in [0.1, 0.15) is 5.92 Å². The van der Waals surface area contributed by atoms with Crippen molar-refractivity contribution in [1.82, 2.24) is 9.99 Å². The van der Waals surface area contributed by atoms with E-state index in [4.69, 9.17) is 4.74 Å². The van der Waals surface area contributed by atoms with Gasteiger partial charge in [-0.25, -0.2) is 9.99 Å². The molecule has 1 unspecified atom stereocenters. The minimum atomic E-state index is -0.155. The molecule has 3 rings (SSSR count). The molecule has 1 atom stereocenters. The van der Waals surface area contributed by atoms with Crippen LogP contribution >= 0.6 is 11.3 Å². The van der Waals surface area contributed by atoms with Crippen molar-refractivity contribution >= 4 is 22.4 Å². The summed E-state index contributed by atoms with van der Waals surface area (Å²) in [5.41, 5.74) is 4.33. The van der Waals surface area contributed by atoms with Crippen LogP contribution in [0.4, 0.5) is 5.13 Å². The maximum atomic E-state index is 11.9. The molecule has 20 heavy (non-hydrogen) atoms. The summed E-state index contributed by atoms with van der Waals surface area (Å²) in [6, 6.07) is 0. The van der Waals surface area contributed by atoms with E-state index in [0.717, 1.165) is 36.8 Å². The topological polar surface area (TPSA) is 54.5 Å². The minimum Gasteiger partial charge on any atom is -0.465 e. The molecule has 0 saturated carbocycles. The number of rotatable bonds is 4. The standard InChI is InChI=1S/C14H21N3O2S/c1-2-19-13(18)10-6-7-11-12(10)15-14(20-11)16-17-8-4-3-5-9-17/h10H,2-9H2,1H3,(H,15,16). The predicted molar refractivity (Wildman–Crippen MR) is 78.9 cm³/mol. The molecule has 1 aromatic rings. The number of fused-ring (bicyclic) bond motifs is 1. The van der Waals surface area contributed by atoms with Crippen molar-refractivity contribution in [3.63, 3.8) is 0 Å². The van der Waals surface area contributed by atoms with Gasteiger partial charge in [0, 0.05) is 18.0 Å². The molecule has 1 aromatic heterocycles. The van der Waals surface area contributed by atoms with Gasteiger partial charge in [0.15, 0.2) is 5.13 Å². The molecule has 6 heteroatoms. The molecule has 2 heterocycles. The van der Waals surface area contributed by atoms with E-state index in [-0.39, 0.29) is 11.9 Å². The number of aromatic nitrogens is 1. The monoisotopic (exact) mass is 295 g/mol. The fourth-order valence-corrected chi connectivity index (χ4v) is 3.95. The quantitative estimate of drug-likeness (QED) is 0.865. The van der Waals surface area contributed by atoms with Crippen molar-refractivity contribution < 1.29 is 9.53 Å². The number of anilines is 1. The van der Waals surface area contributed by atoms with Gasteiger partial charge in [-0.3, -0.25) is 10.2 Å². The molecule has 0 radical (unpaired) electrons. The first-order valence-electron chi connectivity index (χ1n) is 7.45. The number of aryl methyl sites for hydroxylation is 1. The first-order chi connectivity index (χ1) is 9.78. The SMILES string of the molecule is CCOC(=O)C1CCc2sc(NN3CCCCC3)nc21. The lowest BCUT2D eigenvalue weighted by molar-refractivity contribution is -0.145.